The first-order valence-corrected chi connectivity index (χ1v) is 13.1. The van der Waals surface area contributed by atoms with Crippen LogP contribution in [0.1, 0.15) is 18.4 Å². The maximum atomic E-state index is 12.6. The summed E-state index contributed by atoms with van der Waals surface area (Å²) in [6.07, 6.45) is 0.845. The van der Waals surface area contributed by atoms with Crippen molar-refractivity contribution in [3.63, 3.8) is 0 Å². The summed E-state index contributed by atoms with van der Waals surface area (Å²) >= 11 is 0. The molecule has 0 spiro atoms. The van der Waals surface area contributed by atoms with E-state index in [4.69, 9.17) is 0 Å². The van der Waals surface area contributed by atoms with Gasteiger partial charge in [0.05, 0.1) is 10.6 Å². The van der Waals surface area contributed by atoms with Gasteiger partial charge in [-0.05, 0) is 55.7 Å². The minimum Gasteiger partial charge on any atom is -0.326 e. The summed E-state index contributed by atoms with van der Waals surface area (Å²) in [5.41, 5.74) is 1.80. The molecule has 0 atom stereocenters. The number of aryl methyl sites for hydroxylation is 1. The number of para-hydroxylation sites is 1. The van der Waals surface area contributed by atoms with Crippen molar-refractivity contribution in [1.29, 1.82) is 0 Å². The van der Waals surface area contributed by atoms with Crippen LogP contribution in [0, 0.1) is 12.8 Å². The normalized spacial score (nSPS) is 16.1. The molecule has 9 nitrogen and oxygen atoms in total. The van der Waals surface area contributed by atoms with E-state index in [9.17, 15) is 21.6 Å². The lowest BCUT2D eigenvalue weighted by Gasteiger charge is -2.32. The highest BCUT2D eigenvalue weighted by Gasteiger charge is 2.32. The van der Waals surface area contributed by atoms with E-state index in [1.807, 2.05) is 19.1 Å². The van der Waals surface area contributed by atoms with Gasteiger partial charge in [0.25, 0.3) is 20.2 Å². The highest BCUT2D eigenvalue weighted by molar-refractivity contribution is 7.92. The monoisotopic (exact) mass is 480 g/mol. The van der Waals surface area contributed by atoms with Crippen LogP contribution in [0.4, 0.5) is 11.4 Å². The van der Waals surface area contributed by atoms with Gasteiger partial charge < -0.3 is 5.32 Å². The van der Waals surface area contributed by atoms with Crippen molar-refractivity contribution in [2.75, 3.05) is 37.2 Å². The maximum absolute atomic E-state index is 12.6. The van der Waals surface area contributed by atoms with Gasteiger partial charge >= 0.3 is 0 Å². The highest BCUT2D eigenvalue weighted by Crippen LogP contribution is 2.24. The number of nitrogens with one attached hydrogen (secondary N) is 2. The molecular formula is C21H28N4O5S2. The SMILES string of the molecule is Cc1ccccc1NS(=O)(=O)c1ccc(NC(=O)C2CCN(S(=O)(=O)N(C)C)CC2)cc1. The van der Waals surface area contributed by atoms with Crippen LogP contribution in [0.5, 0.6) is 0 Å². The molecule has 0 bridgehead atoms. The molecule has 0 unspecified atom stereocenters. The number of nitrogens with zero attached hydrogens (tertiary/aromatic N) is 2. The van der Waals surface area contributed by atoms with E-state index >= 15 is 0 Å². The second kappa shape index (κ2) is 9.57. The summed E-state index contributed by atoms with van der Waals surface area (Å²) in [5.74, 6) is -0.518. The molecule has 1 fully saturated rings. The van der Waals surface area contributed by atoms with Gasteiger partial charge in [0.2, 0.25) is 5.91 Å². The first-order valence-electron chi connectivity index (χ1n) is 10.2. The van der Waals surface area contributed by atoms with Crippen LogP contribution in [0.25, 0.3) is 0 Å². The summed E-state index contributed by atoms with van der Waals surface area (Å²) in [5, 5.41) is 2.79. The molecule has 11 heteroatoms. The molecule has 2 aromatic rings. The van der Waals surface area contributed by atoms with Crippen molar-refractivity contribution >= 4 is 37.5 Å². The number of hydrogen-bond donors (Lipinski definition) is 2. The molecule has 2 aromatic carbocycles. The lowest BCUT2D eigenvalue weighted by atomic mass is 9.97. The van der Waals surface area contributed by atoms with Gasteiger partial charge in [-0.3, -0.25) is 9.52 Å². The minimum atomic E-state index is -3.76. The Balaban J connectivity index is 1.60. The van der Waals surface area contributed by atoms with E-state index in [0.29, 0.717) is 24.2 Å². The number of hydrogen-bond acceptors (Lipinski definition) is 5. The third-order valence-electron chi connectivity index (χ3n) is 5.43. The third-order valence-corrected chi connectivity index (χ3v) is 8.76. The Morgan fingerprint density at radius 3 is 2.12 bits per heavy atom. The average Bonchev–Trinajstić information content (AvgIpc) is 2.75. The molecule has 174 valence electrons. The number of sulfonamides is 1. The van der Waals surface area contributed by atoms with E-state index in [0.717, 1.165) is 9.87 Å². The fourth-order valence-corrected chi connectivity index (χ4v) is 5.70. The highest BCUT2D eigenvalue weighted by atomic mass is 32.2. The Morgan fingerprint density at radius 1 is 0.969 bits per heavy atom. The molecule has 1 heterocycles. The van der Waals surface area contributed by atoms with Crippen molar-refractivity contribution < 1.29 is 21.6 Å². The first kappa shape index (κ1) is 24.2. The molecule has 32 heavy (non-hydrogen) atoms. The number of carbonyl (C=O) groups excluding carboxylic acids is 1. The van der Waals surface area contributed by atoms with Crippen LogP contribution in [0.3, 0.4) is 0 Å². The molecule has 1 aliphatic rings. The zero-order valence-electron chi connectivity index (χ0n) is 18.3. The summed E-state index contributed by atoms with van der Waals surface area (Å²) in [4.78, 5) is 12.7. The standard InChI is InChI=1S/C21H28N4O5S2/c1-16-6-4-5-7-20(16)23-31(27,28)19-10-8-18(9-11-19)22-21(26)17-12-14-25(15-13-17)32(29,30)24(2)3/h4-11,17,23H,12-15H2,1-3H3,(H,22,26). The predicted molar refractivity (Wildman–Crippen MR) is 124 cm³/mol. The summed E-state index contributed by atoms with van der Waals surface area (Å²) in [6.45, 7) is 2.37. The van der Waals surface area contributed by atoms with Crippen LogP contribution in [0.15, 0.2) is 53.4 Å². The van der Waals surface area contributed by atoms with Crippen LogP contribution < -0.4 is 10.0 Å². The molecule has 1 amide bonds. The van der Waals surface area contributed by atoms with Crippen LogP contribution >= 0.6 is 0 Å². The van der Waals surface area contributed by atoms with E-state index < -0.39 is 20.2 Å². The average molecular weight is 481 g/mol. The Labute approximate surface area is 189 Å². The molecule has 2 N–H and O–H groups in total. The number of rotatable bonds is 7. The van der Waals surface area contributed by atoms with E-state index in [2.05, 4.69) is 10.0 Å². The van der Waals surface area contributed by atoms with Gasteiger partial charge in [0, 0.05) is 38.8 Å². The van der Waals surface area contributed by atoms with Crippen molar-refractivity contribution in [3.8, 4) is 0 Å². The number of benzene rings is 2. The predicted octanol–water partition coefficient (Wildman–Crippen LogP) is 2.25. The molecule has 1 saturated heterocycles. The van der Waals surface area contributed by atoms with Gasteiger partial charge in [-0.25, -0.2) is 8.42 Å². The summed E-state index contributed by atoms with van der Waals surface area (Å²) in [7, 11) is -4.28. The topological polar surface area (TPSA) is 116 Å². The largest absolute Gasteiger partial charge is 0.326 e. The lowest BCUT2D eigenvalue weighted by molar-refractivity contribution is -0.120. The van der Waals surface area contributed by atoms with Gasteiger partial charge in [-0.1, -0.05) is 18.2 Å². The van der Waals surface area contributed by atoms with Crippen LogP contribution in [-0.2, 0) is 25.0 Å². The summed E-state index contributed by atoms with van der Waals surface area (Å²) < 4.78 is 54.8. The van der Waals surface area contributed by atoms with Crippen molar-refractivity contribution in [1.82, 2.24) is 8.61 Å². The van der Waals surface area contributed by atoms with E-state index in [-0.39, 0.29) is 29.8 Å². The molecule has 0 radical (unpaired) electrons. The van der Waals surface area contributed by atoms with Crippen LogP contribution in [-0.4, -0.2) is 58.5 Å². The molecule has 3 rings (SSSR count). The number of piperidine rings is 1. The van der Waals surface area contributed by atoms with Crippen LogP contribution in [0.2, 0.25) is 0 Å². The Bertz CT molecular complexity index is 1170. The minimum absolute atomic E-state index is 0.0842. The van der Waals surface area contributed by atoms with E-state index in [1.54, 1.807) is 12.1 Å². The van der Waals surface area contributed by atoms with Crippen molar-refractivity contribution in [2.45, 2.75) is 24.7 Å². The van der Waals surface area contributed by atoms with Gasteiger partial charge in [-0.15, -0.1) is 0 Å². The third kappa shape index (κ3) is 5.47. The fraction of sp³-hybridized carbons (Fsp3) is 0.381. The Morgan fingerprint density at radius 2 is 1.56 bits per heavy atom. The fourth-order valence-electron chi connectivity index (χ4n) is 3.43. The summed E-state index contributed by atoms with van der Waals surface area (Å²) in [6, 6.07) is 13.0. The number of carbonyl (C=O) groups is 1. The quantitative estimate of drug-likeness (QED) is 0.631. The second-order valence-corrected chi connectivity index (χ2v) is 11.7. The molecule has 0 aromatic heterocycles. The second-order valence-electron chi connectivity index (χ2n) is 7.90. The zero-order chi connectivity index (χ0) is 23.5. The Kier molecular flexibility index (Phi) is 7.23. The molecule has 0 aliphatic carbocycles. The maximum Gasteiger partial charge on any atom is 0.281 e. The smallest absolute Gasteiger partial charge is 0.281 e. The lowest BCUT2D eigenvalue weighted by Crippen LogP contribution is -2.46. The van der Waals surface area contributed by atoms with Gasteiger partial charge in [0.1, 0.15) is 0 Å². The Hall–Kier alpha value is -2.47. The molecule has 1 aliphatic heterocycles. The van der Waals surface area contributed by atoms with Crippen molar-refractivity contribution in [3.05, 3.63) is 54.1 Å². The van der Waals surface area contributed by atoms with Crippen molar-refractivity contribution in [2.24, 2.45) is 5.92 Å². The number of amides is 1. The van der Waals surface area contributed by atoms with Gasteiger partial charge in [0.15, 0.2) is 0 Å². The zero-order valence-corrected chi connectivity index (χ0v) is 19.9. The first-order chi connectivity index (χ1) is 15.0. The molecular weight excluding hydrogens is 452 g/mol. The number of anilines is 2. The molecule has 0 saturated carbocycles. The van der Waals surface area contributed by atoms with Gasteiger partial charge in [-0.2, -0.15) is 17.0 Å². The van der Waals surface area contributed by atoms with E-state index in [1.165, 1.54) is 42.7 Å².